The van der Waals surface area contributed by atoms with Gasteiger partial charge in [-0.3, -0.25) is 4.79 Å². The fourth-order valence-electron chi connectivity index (χ4n) is 2.87. The Kier molecular flexibility index (Phi) is 3.73. The first-order valence-corrected chi connectivity index (χ1v) is 8.54. The number of carbonyl (C=O) groups excluding carboxylic acids is 1. The van der Waals surface area contributed by atoms with E-state index in [9.17, 15) is 13.2 Å². The van der Waals surface area contributed by atoms with Crippen LogP contribution in [0.2, 0.25) is 0 Å². The summed E-state index contributed by atoms with van der Waals surface area (Å²) in [7, 11) is -1.89. The number of hydrogen-bond donors (Lipinski definition) is 2. The van der Waals surface area contributed by atoms with Gasteiger partial charge in [0, 0.05) is 25.3 Å². The molecule has 0 aromatic heterocycles. The van der Waals surface area contributed by atoms with Crippen molar-refractivity contribution < 1.29 is 13.2 Å². The van der Waals surface area contributed by atoms with Crippen LogP contribution in [-0.2, 0) is 21.2 Å². The standard InChI is InChI=1S/C14H19N3O3S/c1-17(11-3-2-6-15-9-11)21(19,20)12-4-5-13-10(7-12)8-14(18)16-13/h4-5,7,11,15H,2-3,6,8-9H2,1H3,(H,16,18). The number of rotatable bonds is 3. The highest BCUT2D eigenvalue weighted by molar-refractivity contribution is 7.89. The monoisotopic (exact) mass is 309 g/mol. The second-order valence-corrected chi connectivity index (χ2v) is 7.56. The summed E-state index contributed by atoms with van der Waals surface area (Å²) >= 11 is 0. The molecule has 1 saturated heterocycles. The molecule has 0 aliphatic carbocycles. The SMILES string of the molecule is CN(C1CCCNC1)S(=O)(=O)c1ccc2c(c1)CC(=O)N2. The Hall–Kier alpha value is -1.44. The second-order valence-electron chi connectivity index (χ2n) is 5.57. The molecule has 1 unspecified atom stereocenters. The van der Waals surface area contributed by atoms with Crippen LogP contribution in [-0.4, -0.2) is 44.8 Å². The highest BCUT2D eigenvalue weighted by Crippen LogP contribution is 2.28. The lowest BCUT2D eigenvalue weighted by molar-refractivity contribution is -0.115. The third-order valence-electron chi connectivity index (χ3n) is 4.16. The first kappa shape index (κ1) is 14.5. The molecule has 1 atom stereocenters. The number of sulfonamides is 1. The molecule has 2 aliphatic rings. The molecule has 6 nitrogen and oxygen atoms in total. The van der Waals surface area contributed by atoms with Crippen LogP contribution in [0.3, 0.4) is 0 Å². The minimum Gasteiger partial charge on any atom is -0.326 e. The van der Waals surface area contributed by atoms with E-state index in [1.807, 2.05) is 0 Å². The van der Waals surface area contributed by atoms with Gasteiger partial charge in [0.15, 0.2) is 0 Å². The zero-order valence-corrected chi connectivity index (χ0v) is 12.7. The van der Waals surface area contributed by atoms with E-state index < -0.39 is 10.0 Å². The summed E-state index contributed by atoms with van der Waals surface area (Å²) in [6, 6.07) is 4.82. The van der Waals surface area contributed by atoms with Crippen molar-refractivity contribution in [2.45, 2.75) is 30.2 Å². The Morgan fingerprint density at radius 2 is 2.14 bits per heavy atom. The quantitative estimate of drug-likeness (QED) is 0.855. The number of hydrogen-bond acceptors (Lipinski definition) is 4. The Bertz CT molecular complexity index is 666. The lowest BCUT2D eigenvalue weighted by Gasteiger charge is -2.31. The second kappa shape index (κ2) is 5.40. The van der Waals surface area contributed by atoms with E-state index in [4.69, 9.17) is 0 Å². The molecule has 3 rings (SSSR count). The molecule has 1 amide bonds. The molecule has 0 radical (unpaired) electrons. The van der Waals surface area contributed by atoms with Crippen molar-refractivity contribution in [2.24, 2.45) is 0 Å². The summed E-state index contributed by atoms with van der Waals surface area (Å²) in [6.45, 7) is 1.62. The molecular formula is C14H19N3O3S. The number of anilines is 1. The predicted octanol–water partition coefficient (Wildman–Crippen LogP) is 0.554. The van der Waals surface area contributed by atoms with Crippen LogP contribution >= 0.6 is 0 Å². The number of likely N-dealkylation sites (N-methyl/N-ethyl adjacent to an activating group) is 1. The van der Waals surface area contributed by atoms with E-state index >= 15 is 0 Å². The van der Waals surface area contributed by atoms with E-state index in [0.717, 1.165) is 24.9 Å². The van der Waals surface area contributed by atoms with Gasteiger partial charge in [-0.25, -0.2) is 8.42 Å². The molecule has 2 N–H and O–H groups in total. The molecule has 1 fully saturated rings. The van der Waals surface area contributed by atoms with Gasteiger partial charge in [-0.15, -0.1) is 0 Å². The fourth-order valence-corrected chi connectivity index (χ4v) is 4.31. The number of piperidine rings is 1. The largest absolute Gasteiger partial charge is 0.326 e. The van der Waals surface area contributed by atoms with Gasteiger partial charge >= 0.3 is 0 Å². The molecule has 2 heterocycles. The molecular weight excluding hydrogens is 290 g/mol. The van der Waals surface area contributed by atoms with Gasteiger partial charge in [0.25, 0.3) is 0 Å². The molecule has 21 heavy (non-hydrogen) atoms. The van der Waals surface area contributed by atoms with E-state index in [1.54, 1.807) is 25.2 Å². The summed E-state index contributed by atoms with van der Waals surface area (Å²) in [5.41, 5.74) is 1.46. The van der Waals surface area contributed by atoms with E-state index in [2.05, 4.69) is 10.6 Å². The Labute approximate surface area is 124 Å². The smallest absolute Gasteiger partial charge is 0.243 e. The molecule has 7 heteroatoms. The summed E-state index contributed by atoms with van der Waals surface area (Å²) in [4.78, 5) is 11.6. The van der Waals surface area contributed by atoms with Gasteiger partial charge < -0.3 is 10.6 Å². The lowest BCUT2D eigenvalue weighted by Crippen LogP contribution is -2.46. The van der Waals surface area contributed by atoms with Gasteiger partial charge in [0.1, 0.15) is 0 Å². The average molecular weight is 309 g/mol. The number of carbonyl (C=O) groups is 1. The van der Waals surface area contributed by atoms with Crippen LogP contribution < -0.4 is 10.6 Å². The van der Waals surface area contributed by atoms with E-state index in [-0.39, 0.29) is 23.3 Å². The maximum Gasteiger partial charge on any atom is 0.243 e. The van der Waals surface area contributed by atoms with Crippen LogP contribution in [0.1, 0.15) is 18.4 Å². The topological polar surface area (TPSA) is 78.5 Å². The zero-order chi connectivity index (χ0) is 15.0. The molecule has 1 aromatic rings. The van der Waals surface area contributed by atoms with Crippen LogP contribution in [0, 0.1) is 0 Å². The highest BCUT2D eigenvalue weighted by atomic mass is 32.2. The molecule has 0 spiro atoms. The summed E-state index contributed by atoms with van der Waals surface area (Å²) in [5, 5.41) is 5.94. The third kappa shape index (κ3) is 2.68. The van der Waals surface area contributed by atoms with Gasteiger partial charge in [-0.1, -0.05) is 0 Å². The summed E-state index contributed by atoms with van der Waals surface area (Å²) < 4.78 is 26.9. The van der Waals surface area contributed by atoms with Crippen molar-refractivity contribution in [3.8, 4) is 0 Å². The van der Waals surface area contributed by atoms with E-state index in [0.29, 0.717) is 12.2 Å². The van der Waals surface area contributed by atoms with Crippen LogP contribution in [0.5, 0.6) is 0 Å². The van der Waals surface area contributed by atoms with Gasteiger partial charge in [0.05, 0.1) is 11.3 Å². The maximum absolute atomic E-state index is 12.7. The van der Waals surface area contributed by atoms with E-state index in [1.165, 1.54) is 4.31 Å². The Morgan fingerprint density at radius 1 is 1.33 bits per heavy atom. The van der Waals surface area contributed by atoms with Gasteiger partial charge in [0.2, 0.25) is 15.9 Å². The van der Waals surface area contributed by atoms with Crippen molar-refractivity contribution in [1.82, 2.24) is 9.62 Å². The van der Waals surface area contributed by atoms with Crippen molar-refractivity contribution in [1.29, 1.82) is 0 Å². The van der Waals surface area contributed by atoms with Crippen LogP contribution in [0.25, 0.3) is 0 Å². The zero-order valence-electron chi connectivity index (χ0n) is 11.9. The lowest BCUT2D eigenvalue weighted by atomic mass is 10.1. The molecule has 0 saturated carbocycles. The van der Waals surface area contributed by atoms with Crippen molar-refractivity contribution in [3.05, 3.63) is 23.8 Å². The van der Waals surface area contributed by atoms with Crippen molar-refractivity contribution >= 4 is 21.6 Å². The molecule has 1 aromatic carbocycles. The number of benzene rings is 1. The molecule has 0 bridgehead atoms. The minimum atomic E-state index is -3.52. The number of nitrogens with one attached hydrogen (secondary N) is 2. The summed E-state index contributed by atoms with van der Waals surface area (Å²) in [5.74, 6) is -0.0932. The number of nitrogens with zero attached hydrogens (tertiary/aromatic N) is 1. The summed E-state index contributed by atoms with van der Waals surface area (Å²) in [6.07, 6.45) is 2.09. The number of fused-ring (bicyclic) bond motifs is 1. The van der Waals surface area contributed by atoms with Crippen LogP contribution in [0.15, 0.2) is 23.1 Å². The highest BCUT2D eigenvalue weighted by Gasteiger charge is 2.30. The van der Waals surface area contributed by atoms with Gasteiger partial charge in [-0.05, 0) is 43.1 Å². The third-order valence-corrected chi connectivity index (χ3v) is 6.07. The first-order valence-electron chi connectivity index (χ1n) is 7.10. The van der Waals surface area contributed by atoms with Crippen molar-refractivity contribution in [3.63, 3.8) is 0 Å². The minimum absolute atomic E-state index is 0.0169. The molecule has 114 valence electrons. The average Bonchev–Trinajstić information content (AvgIpc) is 2.86. The Morgan fingerprint density at radius 3 is 2.86 bits per heavy atom. The van der Waals surface area contributed by atoms with Gasteiger partial charge in [-0.2, -0.15) is 4.31 Å². The van der Waals surface area contributed by atoms with Crippen molar-refractivity contribution in [2.75, 3.05) is 25.5 Å². The first-order chi connectivity index (χ1) is 9.98. The molecule has 2 aliphatic heterocycles. The van der Waals surface area contributed by atoms with Crippen LogP contribution in [0.4, 0.5) is 5.69 Å². The maximum atomic E-state index is 12.7. The number of amides is 1. The fraction of sp³-hybridized carbons (Fsp3) is 0.500. The predicted molar refractivity (Wildman–Crippen MR) is 79.6 cm³/mol. The normalized spacial score (nSPS) is 22.2. The Balaban J connectivity index is 1.88.